The molecule has 5 nitrogen and oxygen atoms in total. The van der Waals surface area contributed by atoms with Crippen LogP contribution in [0.1, 0.15) is 37.0 Å². The van der Waals surface area contributed by atoms with E-state index in [0.717, 1.165) is 34.1 Å². The van der Waals surface area contributed by atoms with Crippen LogP contribution in [0.25, 0.3) is 11.0 Å². The van der Waals surface area contributed by atoms with Crippen LogP contribution in [0.2, 0.25) is 0 Å². The zero-order chi connectivity index (χ0) is 17.1. The third kappa shape index (κ3) is 3.73. The van der Waals surface area contributed by atoms with Crippen molar-refractivity contribution in [2.75, 3.05) is 0 Å². The molecule has 2 rings (SSSR count). The fraction of sp³-hybridized carbons (Fsp3) is 0.444. The van der Waals surface area contributed by atoms with Gasteiger partial charge in [-0.05, 0) is 43.0 Å². The van der Waals surface area contributed by atoms with Crippen molar-refractivity contribution < 1.29 is 14.0 Å². The standard InChI is InChI=1S/C18H24N2O3/c1-5-10(2)17(18(19)22)20-16(21)8-13-9-23-15-7-12(4)11(3)6-14(13)15/h6-7,9-10,17H,5,8H2,1-4H3,(H2,19,22)(H,20,21). The molecule has 1 heterocycles. The van der Waals surface area contributed by atoms with Crippen molar-refractivity contribution in [3.63, 3.8) is 0 Å². The Balaban J connectivity index is 2.17. The molecule has 0 saturated carbocycles. The Labute approximate surface area is 136 Å². The van der Waals surface area contributed by atoms with Crippen molar-refractivity contribution in [2.45, 2.75) is 46.6 Å². The second-order valence-electron chi connectivity index (χ2n) is 6.20. The summed E-state index contributed by atoms with van der Waals surface area (Å²) >= 11 is 0. The van der Waals surface area contributed by atoms with Gasteiger partial charge in [0.25, 0.3) is 0 Å². The molecule has 0 aliphatic rings. The van der Waals surface area contributed by atoms with Crippen LogP contribution in [0.15, 0.2) is 22.8 Å². The van der Waals surface area contributed by atoms with Crippen LogP contribution in [0.3, 0.4) is 0 Å². The maximum absolute atomic E-state index is 12.3. The Morgan fingerprint density at radius 3 is 2.52 bits per heavy atom. The summed E-state index contributed by atoms with van der Waals surface area (Å²) in [5.41, 5.74) is 9.27. The molecule has 1 aromatic carbocycles. The van der Waals surface area contributed by atoms with Crippen LogP contribution in [-0.2, 0) is 16.0 Å². The Morgan fingerprint density at radius 2 is 1.91 bits per heavy atom. The number of carbonyl (C=O) groups excluding carboxylic acids is 2. The first-order valence-corrected chi connectivity index (χ1v) is 7.89. The van der Waals surface area contributed by atoms with Crippen molar-refractivity contribution >= 4 is 22.8 Å². The second kappa shape index (κ2) is 6.86. The van der Waals surface area contributed by atoms with Gasteiger partial charge >= 0.3 is 0 Å². The van der Waals surface area contributed by atoms with E-state index in [2.05, 4.69) is 5.32 Å². The molecule has 0 aliphatic heterocycles. The number of aryl methyl sites for hydroxylation is 2. The minimum absolute atomic E-state index is 0.00226. The summed E-state index contributed by atoms with van der Waals surface area (Å²) in [4.78, 5) is 23.8. The van der Waals surface area contributed by atoms with Crippen molar-refractivity contribution in [3.8, 4) is 0 Å². The summed E-state index contributed by atoms with van der Waals surface area (Å²) in [6.45, 7) is 7.90. The van der Waals surface area contributed by atoms with Gasteiger partial charge in [-0.3, -0.25) is 9.59 Å². The van der Waals surface area contributed by atoms with Gasteiger partial charge in [0.05, 0.1) is 12.7 Å². The van der Waals surface area contributed by atoms with Crippen LogP contribution in [0, 0.1) is 19.8 Å². The van der Waals surface area contributed by atoms with Crippen molar-refractivity contribution in [1.82, 2.24) is 5.32 Å². The molecule has 124 valence electrons. The largest absolute Gasteiger partial charge is 0.464 e. The van der Waals surface area contributed by atoms with E-state index in [1.807, 2.05) is 39.8 Å². The summed E-state index contributed by atoms with van der Waals surface area (Å²) in [7, 11) is 0. The number of nitrogens with two attached hydrogens (primary N) is 1. The van der Waals surface area contributed by atoms with E-state index in [1.165, 1.54) is 0 Å². The predicted molar refractivity (Wildman–Crippen MR) is 90.0 cm³/mol. The molecule has 1 aromatic heterocycles. The highest BCUT2D eigenvalue weighted by Crippen LogP contribution is 2.25. The van der Waals surface area contributed by atoms with Gasteiger partial charge in [-0.25, -0.2) is 0 Å². The molecule has 3 N–H and O–H groups in total. The second-order valence-corrected chi connectivity index (χ2v) is 6.20. The van der Waals surface area contributed by atoms with Crippen LogP contribution in [0.5, 0.6) is 0 Å². The van der Waals surface area contributed by atoms with E-state index in [0.29, 0.717) is 0 Å². The zero-order valence-electron chi connectivity index (χ0n) is 14.1. The lowest BCUT2D eigenvalue weighted by Gasteiger charge is -2.21. The van der Waals surface area contributed by atoms with Crippen molar-refractivity contribution in [3.05, 3.63) is 35.1 Å². The average molecular weight is 316 g/mol. The lowest BCUT2D eigenvalue weighted by molar-refractivity contribution is -0.128. The summed E-state index contributed by atoms with van der Waals surface area (Å²) < 4.78 is 5.54. The molecule has 0 spiro atoms. The molecule has 2 amide bonds. The summed E-state index contributed by atoms with van der Waals surface area (Å²) in [6, 6.07) is 3.35. The van der Waals surface area contributed by atoms with E-state index in [4.69, 9.17) is 10.2 Å². The van der Waals surface area contributed by atoms with Gasteiger partial charge in [-0.2, -0.15) is 0 Å². The predicted octanol–water partition coefficient (Wildman–Crippen LogP) is 2.61. The van der Waals surface area contributed by atoms with E-state index in [1.54, 1.807) is 6.26 Å². The average Bonchev–Trinajstić information content (AvgIpc) is 2.86. The van der Waals surface area contributed by atoms with Gasteiger partial charge in [0.1, 0.15) is 11.6 Å². The maximum atomic E-state index is 12.3. The third-order valence-corrected chi connectivity index (χ3v) is 4.46. The fourth-order valence-corrected chi connectivity index (χ4v) is 2.60. The molecule has 2 unspecified atom stereocenters. The maximum Gasteiger partial charge on any atom is 0.240 e. The molecule has 2 atom stereocenters. The van der Waals surface area contributed by atoms with E-state index >= 15 is 0 Å². The normalized spacial score (nSPS) is 13.7. The first kappa shape index (κ1) is 17.1. The van der Waals surface area contributed by atoms with Gasteiger partial charge in [-0.15, -0.1) is 0 Å². The van der Waals surface area contributed by atoms with Crippen molar-refractivity contribution in [2.24, 2.45) is 11.7 Å². The summed E-state index contributed by atoms with van der Waals surface area (Å²) in [5, 5.41) is 3.67. The number of nitrogens with one attached hydrogen (secondary N) is 1. The Kier molecular flexibility index (Phi) is 5.08. The Bertz CT molecular complexity index is 733. The molecular weight excluding hydrogens is 292 g/mol. The summed E-state index contributed by atoms with van der Waals surface area (Å²) in [6.07, 6.45) is 2.53. The van der Waals surface area contributed by atoms with Crippen LogP contribution in [0.4, 0.5) is 0 Å². The number of hydrogen-bond donors (Lipinski definition) is 2. The molecule has 0 radical (unpaired) electrons. The number of rotatable bonds is 6. The monoisotopic (exact) mass is 316 g/mol. The van der Waals surface area contributed by atoms with Gasteiger partial charge in [0.2, 0.25) is 11.8 Å². The van der Waals surface area contributed by atoms with E-state index in [9.17, 15) is 9.59 Å². The zero-order valence-corrected chi connectivity index (χ0v) is 14.1. The van der Waals surface area contributed by atoms with Gasteiger partial charge in [0.15, 0.2) is 0 Å². The number of amides is 2. The lowest BCUT2D eigenvalue weighted by atomic mass is 9.98. The molecule has 23 heavy (non-hydrogen) atoms. The van der Waals surface area contributed by atoms with E-state index < -0.39 is 11.9 Å². The first-order valence-electron chi connectivity index (χ1n) is 7.89. The Morgan fingerprint density at radius 1 is 1.26 bits per heavy atom. The van der Waals surface area contributed by atoms with Crippen LogP contribution >= 0.6 is 0 Å². The van der Waals surface area contributed by atoms with Gasteiger partial charge < -0.3 is 15.5 Å². The first-order chi connectivity index (χ1) is 10.8. The molecule has 0 bridgehead atoms. The molecular formula is C18H24N2O3. The topological polar surface area (TPSA) is 85.3 Å². The quantitative estimate of drug-likeness (QED) is 0.859. The third-order valence-electron chi connectivity index (χ3n) is 4.46. The smallest absolute Gasteiger partial charge is 0.240 e. The Hall–Kier alpha value is -2.30. The highest BCUT2D eigenvalue weighted by atomic mass is 16.3. The van der Waals surface area contributed by atoms with E-state index in [-0.39, 0.29) is 18.2 Å². The SMILES string of the molecule is CCC(C)C(NC(=O)Cc1coc2cc(C)c(C)cc12)C(N)=O. The highest BCUT2D eigenvalue weighted by molar-refractivity contribution is 5.91. The van der Waals surface area contributed by atoms with Crippen LogP contribution < -0.4 is 11.1 Å². The number of benzene rings is 1. The minimum Gasteiger partial charge on any atom is -0.464 e. The molecule has 0 aliphatic carbocycles. The van der Waals surface area contributed by atoms with Gasteiger partial charge in [-0.1, -0.05) is 20.3 Å². The summed E-state index contributed by atoms with van der Waals surface area (Å²) in [5.74, 6) is -0.728. The molecule has 5 heteroatoms. The molecule has 2 aromatic rings. The number of furan rings is 1. The number of primary amides is 1. The van der Waals surface area contributed by atoms with Crippen LogP contribution in [-0.4, -0.2) is 17.9 Å². The minimum atomic E-state index is -0.644. The van der Waals surface area contributed by atoms with Crippen molar-refractivity contribution in [1.29, 1.82) is 0 Å². The molecule has 0 saturated heterocycles. The molecule has 0 fully saturated rings. The number of carbonyl (C=O) groups is 2. The number of fused-ring (bicyclic) bond motifs is 1. The highest BCUT2D eigenvalue weighted by Gasteiger charge is 2.24. The fourth-order valence-electron chi connectivity index (χ4n) is 2.60. The number of hydrogen-bond acceptors (Lipinski definition) is 3. The van der Waals surface area contributed by atoms with Gasteiger partial charge in [0, 0.05) is 10.9 Å². The lowest BCUT2D eigenvalue weighted by Crippen LogP contribution is -2.48.